The molecule has 30 heavy (non-hydrogen) atoms. The van der Waals surface area contributed by atoms with Crippen molar-refractivity contribution in [2.45, 2.75) is 38.8 Å². The van der Waals surface area contributed by atoms with Gasteiger partial charge >= 0.3 is 0 Å². The van der Waals surface area contributed by atoms with E-state index in [0.717, 1.165) is 23.0 Å². The molecular weight excluding hydrogens is 404 g/mol. The number of imidazole rings is 1. The monoisotopic (exact) mass is 424 g/mol. The minimum atomic E-state index is -0.428. The van der Waals surface area contributed by atoms with Crippen molar-refractivity contribution in [3.63, 3.8) is 0 Å². The van der Waals surface area contributed by atoms with Gasteiger partial charge in [0.2, 0.25) is 0 Å². The maximum atomic E-state index is 12.8. The van der Waals surface area contributed by atoms with E-state index < -0.39 is 6.10 Å². The molecule has 0 bridgehead atoms. The fraction of sp³-hybridized carbons (Fsp3) is 0.333. The average Bonchev–Trinajstić information content (AvgIpc) is 3.29. The summed E-state index contributed by atoms with van der Waals surface area (Å²) in [4.78, 5) is 34.6. The third kappa shape index (κ3) is 2.95. The van der Waals surface area contributed by atoms with Crippen LogP contribution in [0.4, 0.5) is 5.82 Å². The topological polar surface area (TPSA) is 111 Å². The lowest BCUT2D eigenvalue weighted by Crippen LogP contribution is -2.32. The van der Waals surface area contributed by atoms with Crippen molar-refractivity contribution < 1.29 is 5.11 Å². The fourth-order valence-corrected chi connectivity index (χ4v) is 4.35. The summed E-state index contributed by atoms with van der Waals surface area (Å²) in [5.41, 5.74) is 3.16. The van der Waals surface area contributed by atoms with Crippen LogP contribution in [-0.2, 0) is 6.42 Å². The zero-order chi connectivity index (χ0) is 21.0. The van der Waals surface area contributed by atoms with Gasteiger partial charge in [-0.1, -0.05) is 18.5 Å². The van der Waals surface area contributed by atoms with Crippen LogP contribution < -0.4 is 10.5 Å². The van der Waals surface area contributed by atoms with Gasteiger partial charge in [0.25, 0.3) is 5.56 Å². The van der Waals surface area contributed by atoms with Gasteiger partial charge in [0, 0.05) is 29.9 Å². The summed E-state index contributed by atoms with van der Waals surface area (Å²) >= 11 is 6.27. The number of aliphatic hydroxyl groups is 1. The minimum absolute atomic E-state index is 0.0958. The van der Waals surface area contributed by atoms with Crippen LogP contribution in [0.1, 0.15) is 26.0 Å². The third-order valence-electron chi connectivity index (χ3n) is 5.85. The molecule has 5 rings (SSSR count). The molecule has 0 spiro atoms. The predicted octanol–water partition coefficient (Wildman–Crippen LogP) is 3.04. The molecular formula is C21H21ClN6O2. The first kappa shape index (κ1) is 19.0. The second kappa shape index (κ2) is 7.07. The Kier molecular flexibility index (Phi) is 4.48. The molecule has 0 saturated carbocycles. The normalized spacial score (nSPS) is 19.3. The fourth-order valence-electron chi connectivity index (χ4n) is 4.16. The predicted molar refractivity (Wildman–Crippen MR) is 117 cm³/mol. The first-order chi connectivity index (χ1) is 14.5. The largest absolute Gasteiger partial charge is 0.391 e. The molecule has 5 heterocycles. The summed E-state index contributed by atoms with van der Waals surface area (Å²) in [5.74, 6) is 1.05. The second-order valence-electron chi connectivity index (χ2n) is 7.62. The number of H-pyrrole nitrogens is 2. The third-order valence-corrected chi connectivity index (χ3v) is 6.04. The quantitative estimate of drug-likeness (QED) is 0.436. The summed E-state index contributed by atoms with van der Waals surface area (Å²) in [6.45, 7) is 4.64. The molecule has 4 aromatic rings. The first-order valence-corrected chi connectivity index (χ1v) is 10.4. The molecule has 0 aliphatic carbocycles. The maximum Gasteiger partial charge on any atom is 0.259 e. The smallest absolute Gasteiger partial charge is 0.259 e. The Bertz CT molecular complexity index is 1330. The first-order valence-electron chi connectivity index (χ1n) is 9.98. The lowest BCUT2D eigenvalue weighted by molar-refractivity contribution is 0.170. The zero-order valence-corrected chi connectivity index (χ0v) is 17.4. The minimum Gasteiger partial charge on any atom is -0.391 e. The van der Waals surface area contributed by atoms with E-state index in [1.807, 2.05) is 24.8 Å². The lowest BCUT2D eigenvalue weighted by Gasteiger charge is -2.24. The molecule has 0 amide bonds. The Morgan fingerprint density at radius 1 is 1.27 bits per heavy atom. The van der Waals surface area contributed by atoms with Crippen molar-refractivity contribution >= 4 is 39.4 Å². The SMILES string of the molecule is CCc1nccc2[nH]c(=O)c(-c3nc4c(N5CC[C@H](O)[C@H]5C)nc(Cl)cc4[nH]3)cc12. The summed E-state index contributed by atoms with van der Waals surface area (Å²) in [6, 6.07) is 5.22. The van der Waals surface area contributed by atoms with Crippen molar-refractivity contribution in [1.82, 2.24) is 24.9 Å². The number of pyridine rings is 3. The van der Waals surface area contributed by atoms with E-state index >= 15 is 0 Å². The van der Waals surface area contributed by atoms with E-state index in [2.05, 4.69) is 19.9 Å². The molecule has 0 unspecified atom stereocenters. The van der Waals surface area contributed by atoms with Gasteiger partial charge in [-0.05, 0) is 31.9 Å². The van der Waals surface area contributed by atoms with Crippen molar-refractivity contribution in [3.05, 3.63) is 45.6 Å². The van der Waals surface area contributed by atoms with Gasteiger partial charge in [-0.3, -0.25) is 9.78 Å². The molecule has 154 valence electrons. The molecule has 8 nitrogen and oxygen atoms in total. The van der Waals surface area contributed by atoms with Gasteiger partial charge in [-0.2, -0.15) is 0 Å². The number of aryl methyl sites for hydroxylation is 1. The lowest BCUT2D eigenvalue weighted by atomic mass is 10.1. The summed E-state index contributed by atoms with van der Waals surface area (Å²) in [7, 11) is 0. The van der Waals surface area contributed by atoms with Crippen LogP contribution in [0.3, 0.4) is 0 Å². The van der Waals surface area contributed by atoms with Crippen LogP contribution in [0.15, 0.2) is 29.2 Å². The van der Waals surface area contributed by atoms with Crippen LogP contribution in [0.5, 0.6) is 0 Å². The standard InChI is InChI=1S/C21H21ClN6O2/c1-3-13-11-8-12(21(30)25-14(11)4-6-23-13)19-24-15-9-17(22)26-20(18(15)27-19)28-7-5-16(29)10(28)2/h4,6,8-10,16,29H,3,5,7H2,1-2H3,(H,24,27)(H,25,30)/t10-,16+/m1/s1. The molecule has 0 radical (unpaired) electrons. The molecule has 1 aliphatic heterocycles. The van der Waals surface area contributed by atoms with Gasteiger partial charge in [0.05, 0.1) is 28.7 Å². The van der Waals surface area contributed by atoms with E-state index in [1.54, 1.807) is 18.3 Å². The van der Waals surface area contributed by atoms with Gasteiger partial charge in [-0.25, -0.2) is 9.97 Å². The van der Waals surface area contributed by atoms with Crippen LogP contribution >= 0.6 is 11.6 Å². The summed E-state index contributed by atoms with van der Waals surface area (Å²) in [6.07, 6.45) is 2.68. The van der Waals surface area contributed by atoms with E-state index in [1.165, 1.54) is 0 Å². The van der Waals surface area contributed by atoms with Crippen LogP contribution in [0.25, 0.3) is 33.3 Å². The number of halogens is 1. The Morgan fingerprint density at radius 3 is 2.83 bits per heavy atom. The number of nitrogens with one attached hydrogen (secondary N) is 2. The maximum absolute atomic E-state index is 12.8. The number of rotatable bonds is 3. The van der Waals surface area contributed by atoms with Crippen molar-refractivity contribution in [3.8, 4) is 11.4 Å². The highest BCUT2D eigenvalue weighted by Gasteiger charge is 2.32. The number of nitrogens with zero attached hydrogens (tertiary/aromatic N) is 4. The van der Waals surface area contributed by atoms with Crippen molar-refractivity contribution in [1.29, 1.82) is 0 Å². The molecule has 9 heteroatoms. The highest BCUT2D eigenvalue weighted by molar-refractivity contribution is 6.30. The summed E-state index contributed by atoms with van der Waals surface area (Å²) in [5, 5.41) is 11.4. The van der Waals surface area contributed by atoms with Crippen LogP contribution in [0, 0.1) is 0 Å². The Balaban J connectivity index is 1.70. The summed E-state index contributed by atoms with van der Waals surface area (Å²) < 4.78 is 0. The second-order valence-corrected chi connectivity index (χ2v) is 8.01. The van der Waals surface area contributed by atoms with Gasteiger partial charge in [-0.15, -0.1) is 0 Å². The number of aliphatic hydroxyl groups excluding tert-OH is 1. The van der Waals surface area contributed by atoms with E-state index in [0.29, 0.717) is 46.4 Å². The molecule has 3 N–H and O–H groups in total. The molecule has 4 aromatic heterocycles. The Morgan fingerprint density at radius 2 is 2.10 bits per heavy atom. The molecule has 2 atom stereocenters. The van der Waals surface area contributed by atoms with Crippen molar-refractivity contribution in [2.24, 2.45) is 0 Å². The van der Waals surface area contributed by atoms with Crippen LogP contribution in [-0.4, -0.2) is 48.7 Å². The van der Waals surface area contributed by atoms with Gasteiger partial charge in [0.15, 0.2) is 5.82 Å². The van der Waals surface area contributed by atoms with E-state index in [-0.39, 0.29) is 11.6 Å². The number of aromatic amines is 2. The Labute approximate surface area is 177 Å². The molecule has 0 aromatic carbocycles. The Hall–Kier alpha value is -2.97. The van der Waals surface area contributed by atoms with Crippen molar-refractivity contribution in [2.75, 3.05) is 11.4 Å². The number of fused-ring (bicyclic) bond motifs is 2. The van der Waals surface area contributed by atoms with Gasteiger partial charge < -0.3 is 20.0 Å². The molecule has 1 fully saturated rings. The number of hydrogen-bond acceptors (Lipinski definition) is 6. The highest BCUT2D eigenvalue weighted by atomic mass is 35.5. The molecule has 1 saturated heterocycles. The zero-order valence-electron chi connectivity index (χ0n) is 16.6. The average molecular weight is 425 g/mol. The van der Waals surface area contributed by atoms with E-state index in [4.69, 9.17) is 16.6 Å². The number of hydrogen-bond donors (Lipinski definition) is 3. The number of anilines is 1. The van der Waals surface area contributed by atoms with Crippen LogP contribution in [0.2, 0.25) is 5.15 Å². The highest BCUT2D eigenvalue weighted by Crippen LogP contribution is 2.33. The van der Waals surface area contributed by atoms with Gasteiger partial charge in [0.1, 0.15) is 16.5 Å². The van der Waals surface area contributed by atoms with E-state index in [9.17, 15) is 9.90 Å². The number of aromatic nitrogens is 5. The molecule has 1 aliphatic rings.